The van der Waals surface area contributed by atoms with Gasteiger partial charge in [0.25, 0.3) is 0 Å². The summed E-state index contributed by atoms with van der Waals surface area (Å²) in [5.74, 6) is 0.300. The molecule has 0 saturated carbocycles. The molecule has 0 amide bonds. The molecule has 72 valence electrons. The highest BCUT2D eigenvalue weighted by atomic mass is 79.9. The van der Waals surface area contributed by atoms with Gasteiger partial charge < -0.3 is 0 Å². The molecule has 0 fully saturated rings. The Kier molecular flexibility index (Phi) is 3.69. The van der Waals surface area contributed by atoms with Gasteiger partial charge in [-0.05, 0) is 12.1 Å². The van der Waals surface area contributed by atoms with Crippen LogP contribution < -0.4 is 4.72 Å². The van der Waals surface area contributed by atoms with Gasteiger partial charge in [-0.2, -0.15) is 0 Å². The van der Waals surface area contributed by atoms with Gasteiger partial charge in [0.05, 0.1) is 0 Å². The summed E-state index contributed by atoms with van der Waals surface area (Å²) < 4.78 is 25.1. The Morgan fingerprint density at radius 2 is 2.23 bits per heavy atom. The van der Waals surface area contributed by atoms with Gasteiger partial charge in [-0.15, -0.1) is 0 Å². The van der Waals surface area contributed by atoms with Gasteiger partial charge in [-0.1, -0.05) is 31.9 Å². The van der Waals surface area contributed by atoms with Gasteiger partial charge in [0.2, 0.25) is 10.0 Å². The summed E-state index contributed by atoms with van der Waals surface area (Å²) >= 11 is 6.06. The van der Waals surface area contributed by atoms with E-state index >= 15 is 0 Å². The number of halogens is 2. The van der Waals surface area contributed by atoms with Crippen molar-refractivity contribution in [2.24, 2.45) is 0 Å². The average Bonchev–Trinajstić information content (AvgIpc) is 2.03. The Hall–Kier alpha value is -0.140. The Bertz CT molecular complexity index is 393. The zero-order chi connectivity index (χ0) is 9.90. The molecule has 7 heteroatoms. The summed E-state index contributed by atoms with van der Waals surface area (Å²) in [6.07, 6.45) is 1.51. The van der Waals surface area contributed by atoms with Crippen LogP contribution in [0.15, 0.2) is 22.8 Å². The first-order valence-electron chi connectivity index (χ1n) is 3.21. The zero-order valence-corrected chi connectivity index (χ0v) is 10.4. The Morgan fingerprint density at radius 3 is 2.77 bits per heavy atom. The molecule has 1 aromatic heterocycles. The number of aromatic nitrogens is 1. The zero-order valence-electron chi connectivity index (χ0n) is 6.37. The van der Waals surface area contributed by atoms with Crippen LogP contribution in [0.3, 0.4) is 0 Å². The van der Waals surface area contributed by atoms with Crippen LogP contribution in [-0.4, -0.2) is 18.1 Å². The number of rotatable bonds is 3. The molecule has 0 radical (unpaired) electrons. The maximum atomic E-state index is 11.1. The Labute approximate surface area is 93.1 Å². The molecular weight excluding hydrogens is 324 g/mol. The normalized spacial score (nSPS) is 11.2. The van der Waals surface area contributed by atoms with Crippen LogP contribution in [-0.2, 0) is 10.0 Å². The third-order valence-electron chi connectivity index (χ3n) is 1.13. The second-order valence-corrected chi connectivity index (χ2v) is 6.13. The van der Waals surface area contributed by atoms with Gasteiger partial charge in [0, 0.05) is 10.7 Å². The van der Waals surface area contributed by atoms with Crippen LogP contribution in [0.2, 0.25) is 0 Å². The van der Waals surface area contributed by atoms with Crippen molar-refractivity contribution in [2.45, 2.75) is 0 Å². The number of anilines is 1. The van der Waals surface area contributed by atoms with Gasteiger partial charge >= 0.3 is 0 Å². The van der Waals surface area contributed by atoms with E-state index in [0.29, 0.717) is 5.82 Å². The molecule has 0 aromatic carbocycles. The van der Waals surface area contributed by atoms with E-state index < -0.39 is 10.0 Å². The maximum Gasteiger partial charge on any atom is 0.243 e. The monoisotopic (exact) mass is 328 g/mol. The fourth-order valence-corrected chi connectivity index (χ4v) is 1.81. The van der Waals surface area contributed by atoms with Crippen LogP contribution in [0, 0.1) is 0 Å². The molecule has 1 aromatic rings. The quantitative estimate of drug-likeness (QED) is 0.862. The fourth-order valence-electron chi connectivity index (χ4n) is 0.647. The predicted molar refractivity (Wildman–Crippen MR) is 58.3 cm³/mol. The fraction of sp³-hybridized carbons (Fsp3) is 0.167. The smallest absolute Gasteiger partial charge is 0.243 e. The van der Waals surface area contributed by atoms with Crippen molar-refractivity contribution in [2.75, 3.05) is 9.38 Å². The highest BCUT2D eigenvalue weighted by Gasteiger charge is 2.07. The number of nitrogens with one attached hydrogen (secondary N) is 1. The predicted octanol–water partition coefficient (Wildman–Crippen LogP) is 1.94. The first-order chi connectivity index (χ1) is 6.03. The third kappa shape index (κ3) is 3.61. The standard InChI is InChI=1S/C6H6Br2N2O2S/c7-4-13(11,12)10-6-3-5(8)1-2-9-6/h1-3H,4H2,(H,9,10). The molecule has 4 nitrogen and oxygen atoms in total. The summed E-state index contributed by atoms with van der Waals surface area (Å²) in [6.45, 7) is 0. The lowest BCUT2D eigenvalue weighted by atomic mass is 10.5. The molecule has 0 spiro atoms. The third-order valence-corrected chi connectivity index (χ3v) is 4.23. The van der Waals surface area contributed by atoms with Crippen molar-refractivity contribution < 1.29 is 8.42 Å². The highest BCUT2D eigenvalue weighted by molar-refractivity contribution is 9.11. The minimum Gasteiger partial charge on any atom is -0.267 e. The van der Waals surface area contributed by atoms with Crippen LogP contribution in [0.4, 0.5) is 5.82 Å². The molecule has 0 bridgehead atoms. The first-order valence-corrected chi connectivity index (χ1v) is 6.78. The molecule has 13 heavy (non-hydrogen) atoms. The first kappa shape index (κ1) is 10.9. The van der Waals surface area contributed by atoms with E-state index in [0.717, 1.165) is 4.47 Å². The number of pyridine rings is 1. The molecule has 0 atom stereocenters. The van der Waals surface area contributed by atoms with Gasteiger partial charge in [-0.3, -0.25) is 4.72 Å². The van der Waals surface area contributed by atoms with E-state index in [2.05, 4.69) is 41.6 Å². The second kappa shape index (κ2) is 4.39. The number of nitrogens with zero attached hydrogens (tertiary/aromatic N) is 1. The average molecular weight is 330 g/mol. The Morgan fingerprint density at radius 1 is 1.54 bits per heavy atom. The van der Waals surface area contributed by atoms with Crippen LogP contribution in [0.25, 0.3) is 0 Å². The van der Waals surface area contributed by atoms with Crippen molar-refractivity contribution in [1.29, 1.82) is 0 Å². The van der Waals surface area contributed by atoms with Gasteiger partial charge in [-0.25, -0.2) is 13.4 Å². The van der Waals surface area contributed by atoms with E-state index in [-0.39, 0.29) is 4.66 Å². The van der Waals surface area contributed by atoms with E-state index in [9.17, 15) is 8.42 Å². The SMILES string of the molecule is O=S(=O)(CBr)Nc1cc(Br)ccn1. The lowest BCUT2D eigenvalue weighted by Crippen LogP contribution is -2.13. The summed E-state index contributed by atoms with van der Waals surface area (Å²) in [4.78, 5) is 3.83. The topological polar surface area (TPSA) is 59.1 Å². The minimum absolute atomic E-state index is 0.145. The molecule has 0 unspecified atom stereocenters. The number of sulfonamides is 1. The highest BCUT2D eigenvalue weighted by Crippen LogP contribution is 2.14. The lowest BCUT2D eigenvalue weighted by molar-refractivity contribution is 0.606. The van der Waals surface area contributed by atoms with E-state index in [1.807, 2.05) is 0 Å². The summed E-state index contributed by atoms with van der Waals surface area (Å²) in [6, 6.07) is 3.30. The lowest BCUT2D eigenvalue weighted by Gasteiger charge is -2.03. The molecular formula is C6H6Br2N2O2S. The molecule has 1 heterocycles. The molecule has 0 saturated heterocycles. The molecule has 0 aliphatic carbocycles. The van der Waals surface area contributed by atoms with E-state index in [4.69, 9.17) is 0 Å². The molecule has 0 aliphatic heterocycles. The van der Waals surface area contributed by atoms with Crippen molar-refractivity contribution in [3.63, 3.8) is 0 Å². The van der Waals surface area contributed by atoms with E-state index in [1.54, 1.807) is 12.1 Å². The second-order valence-electron chi connectivity index (χ2n) is 2.19. The van der Waals surface area contributed by atoms with Crippen molar-refractivity contribution >= 4 is 47.7 Å². The van der Waals surface area contributed by atoms with Crippen LogP contribution in [0.5, 0.6) is 0 Å². The molecule has 1 N–H and O–H groups in total. The number of hydrogen-bond donors (Lipinski definition) is 1. The largest absolute Gasteiger partial charge is 0.267 e. The van der Waals surface area contributed by atoms with Crippen LogP contribution in [0.1, 0.15) is 0 Å². The number of hydrogen-bond acceptors (Lipinski definition) is 3. The van der Waals surface area contributed by atoms with Crippen molar-refractivity contribution in [3.8, 4) is 0 Å². The maximum absolute atomic E-state index is 11.1. The molecule has 0 aliphatic rings. The summed E-state index contributed by atoms with van der Waals surface area (Å²) in [5.41, 5.74) is 0. The van der Waals surface area contributed by atoms with Gasteiger partial charge in [0.1, 0.15) is 10.5 Å². The minimum atomic E-state index is -3.31. The summed E-state index contributed by atoms with van der Waals surface area (Å²) in [7, 11) is -3.31. The molecule has 1 rings (SSSR count). The number of alkyl halides is 1. The van der Waals surface area contributed by atoms with Crippen molar-refractivity contribution in [1.82, 2.24) is 4.98 Å². The van der Waals surface area contributed by atoms with E-state index in [1.165, 1.54) is 6.20 Å². The Balaban J connectivity index is 2.87. The summed E-state index contributed by atoms with van der Waals surface area (Å²) in [5, 5.41) is 0. The van der Waals surface area contributed by atoms with Gasteiger partial charge in [0.15, 0.2) is 0 Å². The van der Waals surface area contributed by atoms with Crippen LogP contribution >= 0.6 is 31.9 Å². The van der Waals surface area contributed by atoms with Crippen molar-refractivity contribution in [3.05, 3.63) is 22.8 Å².